The molecule has 0 radical (unpaired) electrons. The van der Waals surface area contributed by atoms with Crippen LogP contribution in [-0.2, 0) is 16.0 Å². The quantitative estimate of drug-likeness (QED) is 0.748. The second-order valence-corrected chi connectivity index (χ2v) is 6.69. The van der Waals surface area contributed by atoms with Gasteiger partial charge in [0.25, 0.3) is 0 Å². The molecule has 2 aromatic carbocycles. The molecule has 0 bridgehead atoms. The Bertz CT molecular complexity index is 1040. The molecule has 0 aliphatic carbocycles. The highest BCUT2D eigenvalue weighted by Crippen LogP contribution is 2.43. The van der Waals surface area contributed by atoms with E-state index < -0.39 is 18.1 Å². The van der Waals surface area contributed by atoms with Crippen LogP contribution in [0.4, 0.5) is 0 Å². The molecule has 6 heteroatoms. The van der Waals surface area contributed by atoms with Crippen LogP contribution < -0.4 is 4.74 Å². The number of aromatic nitrogens is 1. The lowest BCUT2D eigenvalue weighted by Crippen LogP contribution is -2.50. The number of carbonyl (C=O) groups is 2. The van der Waals surface area contributed by atoms with Gasteiger partial charge >= 0.3 is 5.97 Å². The number of hydrogen-bond acceptors (Lipinski definition) is 3. The minimum absolute atomic E-state index is 0.264. The zero-order valence-electron chi connectivity index (χ0n) is 15.1. The number of amides is 1. The van der Waals surface area contributed by atoms with E-state index in [1.807, 2.05) is 48.5 Å². The van der Waals surface area contributed by atoms with Gasteiger partial charge in [-0.25, -0.2) is 4.79 Å². The van der Waals surface area contributed by atoms with Crippen molar-refractivity contribution in [2.24, 2.45) is 0 Å². The van der Waals surface area contributed by atoms with E-state index >= 15 is 0 Å². The summed E-state index contributed by atoms with van der Waals surface area (Å²) in [5, 5.41) is 10.8. The number of para-hydroxylation sites is 2. The molecule has 2 atom stereocenters. The van der Waals surface area contributed by atoms with E-state index in [0.29, 0.717) is 5.75 Å². The Kier molecular flexibility index (Phi) is 4.11. The number of carboxylic acid groups (broad SMARTS) is 1. The van der Waals surface area contributed by atoms with Crippen molar-refractivity contribution in [3.8, 4) is 5.75 Å². The van der Waals surface area contributed by atoms with Gasteiger partial charge in [0.05, 0.1) is 7.11 Å². The van der Waals surface area contributed by atoms with E-state index in [4.69, 9.17) is 4.74 Å². The first-order chi connectivity index (χ1) is 13.0. The summed E-state index contributed by atoms with van der Waals surface area (Å²) in [6.45, 7) is 1.41. The monoisotopic (exact) mass is 364 g/mol. The lowest BCUT2D eigenvalue weighted by atomic mass is 9.87. The van der Waals surface area contributed by atoms with Crippen LogP contribution in [0, 0.1) is 0 Å². The smallest absolute Gasteiger partial charge is 0.326 e. The zero-order valence-corrected chi connectivity index (χ0v) is 15.1. The Hall–Kier alpha value is -3.28. The summed E-state index contributed by atoms with van der Waals surface area (Å²) in [4.78, 5) is 29.4. The fraction of sp³-hybridized carbons (Fsp3) is 0.238. The number of hydrogen-bond donors (Lipinski definition) is 2. The van der Waals surface area contributed by atoms with Gasteiger partial charge in [-0.05, 0) is 17.7 Å². The lowest BCUT2D eigenvalue weighted by molar-refractivity contribution is -0.151. The summed E-state index contributed by atoms with van der Waals surface area (Å²) in [6.07, 6.45) is 0.264. The molecule has 3 aromatic rings. The van der Waals surface area contributed by atoms with Gasteiger partial charge in [-0.2, -0.15) is 0 Å². The summed E-state index contributed by atoms with van der Waals surface area (Å²) in [6, 6.07) is 13.7. The molecule has 0 saturated carbocycles. The number of carboxylic acids is 1. The van der Waals surface area contributed by atoms with E-state index in [0.717, 1.165) is 27.7 Å². The minimum atomic E-state index is -1.01. The number of aromatic amines is 1. The van der Waals surface area contributed by atoms with Crippen LogP contribution in [0.5, 0.6) is 5.75 Å². The molecule has 1 amide bonds. The van der Waals surface area contributed by atoms with Crippen molar-refractivity contribution in [2.75, 3.05) is 7.11 Å². The van der Waals surface area contributed by atoms with Crippen LogP contribution in [0.3, 0.4) is 0 Å². The van der Waals surface area contributed by atoms with Crippen LogP contribution in [0.15, 0.2) is 48.5 Å². The summed E-state index contributed by atoms with van der Waals surface area (Å²) < 4.78 is 5.51. The van der Waals surface area contributed by atoms with Gasteiger partial charge in [0, 0.05) is 35.5 Å². The highest BCUT2D eigenvalue weighted by molar-refractivity contribution is 5.90. The van der Waals surface area contributed by atoms with Gasteiger partial charge in [-0.15, -0.1) is 0 Å². The molecule has 2 heterocycles. The van der Waals surface area contributed by atoms with E-state index in [9.17, 15) is 14.7 Å². The molecule has 1 aromatic heterocycles. The van der Waals surface area contributed by atoms with Crippen molar-refractivity contribution in [2.45, 2.75) is 25.4 Å². The maximum Gasteiger partial charge on any atom is 0.326 e. The Morgan fingerprint density at radius 2 is 1.85 bits per heavy atom. The van der Waals surface area contributed by atoms with Gasteiger partial charge in [0.1, 0.15) is 17.8 Å². The molecule has 1 aliphatic rings. The van der Waals surface area contributed by atoms with Crippen LogP contribution >= 0.6 is 0 Å². The minimum Gasteiger partial charge on any atom is -0.496 e. The standard InChI is InChI=1S/C21H20N2O4/c1-12(24)23-17(21(25)26)11-15-13-7-3-5-9-16(13)22-19(15)20(23)14-8-4-6-10-18(14)27-2/h3-10,17,20,22H,11H2,1-2H3,(H,25,26)/t17-,20-/m1/s1. The Morgan fingerprint density at radius 3 is 2.56 bits per heavy atom. The van der Waals surface area contributed by atoms with E-state index in [1.54, 1.807) is 7.11 Å². The molecule has 4 rings (SSSR count). The number of nitrogens with zero attached hydrogens (tertiary/aromatic N) is 1. The van der Waals surface area contributed by atoms with E-state index in [1.165, 1.54) is 11.8 Å². The number of fused-ring (bicyclic) bond motifs is 3. The molecule has 6 nitrogen and oxygen atoms in total. The fourth-order valence-electron chi connectivity index (χ4n) is 4.09. The third-order valence-electron chi connectivity index (χ3n) is 5.21. The summed E-state index contributed by atoms with van der Waals surface area (Å²) in [5.41, 5.74) is 3.46. The molecule has 0 spiro atoms. The molecule has 0 unspecified atom stereocenters. The van der Waals surface area contributed by atoms with Crippen LogP contribution in [0.1, 0.15) is 29.8 Å². The molecule has 2 N–H and O–H groups in total. The highest BCUT2D eigenvalue weighted by Gasteiger charge is 2.43. The first kappa shape index (κ1) is 17.1. The molecule has 27 heavy (non-hydrogen) atoms. The Labute approximate surface area is 156 Å². The second kappa shape index (κ2) is 6.46. The topological polar surface area (TPSA) is 82.6 Å². The number of aliphatic carboxylic acids is 1. The number of ether oxygens (including phenoxy) is 1. The summed E-state index contributed by atoms with van der Waals surface area (Å²) in [5.74, 6) is -0.687. The average molecular weight is 364 g/mol. The van der Waals surface area contributed by atoms with Gasteiger partial charge in [0.2, 0.25) is 5.91 Å². The largest absolute Gasteiger partial charge is 0.496 e. The first-order valence-corrected chi connectivity index (χ1v) is 8.77. The lowest BCUT2D eigenvalue weighted by Gasteiger charge is -2.40. The predicted octanol–water partition coefficient (Wildman–Crippen LogP) is 3.12. The van der Waals surface area contributed by atoms with Gasteiger partial charge in [0.15, 0.2) is 0 Å². The van der Waals surface area contributed by atoms with Gasteiger partial charge < -0.3 is 19.7 Å². The van der Waals surface area contributed by atoms with Crippen LogP contribution in [-0.4, -0.2) is 40.0 Å². The first-order valence-electron chi connectivity index (χ1n) is 8.77. The second-order valence-electron chi connectivity index (χ2n) is 6.69. The number of nitrogens with one attached hydrogen (secondary N) is 1. The van der Waals surface area contributed by atoms with Crippen molar-refractivity contribution in [1.82, 2.24) is 9.88 Å². The van der Waals surface area contributed by atoms with E-state index in [2.05, 4.69) is 4.98 Å². The van der Waals surface area contributed by atoms with E-state index in [-0.39, 0.29) is 12.3 Å². The maximum atomic E-state index is 12.5. The Balaban J connectivity index is 2.03. The molecular weight excluding hydrogens is 344 g/mol. The number of benzene rings is 2. The molecule has 138 valence electrons. The Morgan fingerprint density at radius 1 is 1.15 bits per heavy atom. The summed E-state index contributed by atoms with van der Waals surface area (Å²) >= 11 is 0. The molecule has 0 saturated heterocycles. The van der Waals surface area contributed by atoms with Crippen LogP contribution in [0.2, 0.25) is 0 Å². The van der Waals surface area contributed by atoms with Crippen LogP contribution in [0.25, 0.3) is 10.9 Å². The fourth-order valence-corrected chi connectivity index (χ4v) is 4.09. The number of methoxy groups -OCH3 is 1. The zero-order chi connectivity index (χ0) is 19.1. The number of rotatable bonds is 3. The SMILES string of the molecule is COc1ccccc1[C@@H]1c2[nH]c3ccccc3c2C[C@H](C(=O)O)N1C(C)=O. The third kappa shape index (κ3) is 2.65. The maximum absolute atomic E-state index is 12.5. The van der Waals surface area contributed by atoms with Gasteiger partial charge in [-0.3, -0.25) is 4.79 Å². The van der Waals surface area contributed by atoms with Crippen molar-refractivity contribution >= 4 is 22.8 Å². The van der Waals surface area contributed by atoms with Crippen molar-refractivity contribution in [3.05, 3.63) is 65.4 Å². The molecular formula is C21H20N2O4. The van der Waals surface area contributed by atoms with Crippen molar-refractivity contribution in [3.63, 3.8) is 0 Å². The number of H-pyrrole nitrogens is 1. The highest BCUT2D eigenvalue weighted by atomic mass is 16.5. The van der Waals surface area contributed by atoms with Gasteiger partial charge in [-0.1, -0.05) is 36.4 Å². The predicted molar refractivity (Wildman–Crippen MR) is 101 cm³/mol. The number of carbonyl (C=O) groups excluding carboxylic acids is 1. The van der Waals surface area contributed by atoms with Crippen molar-refractivity contribution in [1.29, 1.82) is 0 Å². The van der Waals surface area contributed by atoms with Crippen molar-refractivity contribution < 1.29 is 19.4 Å². The third-order valence-corrected chi connectivity index (χ3v) is 5.21. The molecule has 1 aliphatic heterocycles. The normalized spacial score (nSPS) is 19.0. The molecule has 0 fully saturated rings. The average Bonchev–Trinajstić information content (AvgIpc) is 3.04. The summed E-state index contributed by atoms with van der Waals surface area (Å²) in [7, 11) is 1.57.